The molecule has 2 atom stereocenters. The second kappa shape index (κ2) is 8.59. The number of nitrogens with one attached hydrogen (secondary N) is 1. The number of esters is 1. The summed E-state index contributed by atoms with van der Waals surface area (Å²) in [5, 5.41) is 9.29. The molecule has 0 bridgehead atoms. The first-order chi connectivity index (χ1) is 9.48. The molecule has 7 heteroatoms. The number of aliphatic hydroxyl groups excluding tert-OH is 1. The summed E-state index contributed by atoms with van der Waals surface area (Å²) in [4.78, 5) is 10.9. The molecule has 0 radical (unpaired) electrons. The Morgan fingerprint density at radius 1 is 1.30 bits per heavy atom. The van der Waals surface area contributed by atoms with Gasteiger partial charge in [-0.15, -0.1) is 0 Å². The lowest BCUT2D eigenvalue weighted by Gasteiger charge is -2.30. The molecule has 6 nitrogen and oxygen atoms in total. The number of aliphatic hydroxyl groups is 1. The molecule has 2 N–H and O–H groups in total. The first kappa shape index (κ1) is 17.4. The van der Waals surface area contributed by atoms with Crippen molar-refractivity contribution in [2.24, 2.45) is 11.8 Å². The minimum atomic E-state index is -3.36. The van der Waals surface area contributed by atoms with Crippen molar-refractivity contribution in [1.82, 2.24) is 4.72 Å². The van der Waals surface area contributed by atoms with Crippen molar-refractivity contribution in [3.63, 3.8) is 0 Å². The van der Waals surface area contributed by atoms with Crippen LogP contribution in [-0.2, 0) is 19.6 Å². The molecule has 0 aromatic carbocycles. The van der Waals surface area contributed by atoms with E-state index in [4.69, 9.17) is 0 Å². The van der Waals surface area contributed by atoms with E-state index in [1.165, 1.54) is 7.11 Å². The van der Waals surface area contributed by atoms with Crippen LogP contribution >= 0.6 is 0 Å². The number of carbonyl (C=O) groups is 1. The van der Waals surface area contributed by atoms with Crippen LogP contribution in [0.5, 0.6) is 0 Å². The van der Waals surface area contributed by atoms with E-state index < -0.39 is 16.0 Å². The largest absolute Gasteiger partial charge is 0.469 e. The maximum absolute atomic E-state index is 11.8. The zero-order valence-electron chi connectivity index (χ0n) is 12.0. The van der Waals surface area contributed by atoms with Crippen LogP contribution in [-0.4, -0.2) is 45.5 Å². The molecule has 0 spiro atoms. The predicted octanol–water partition coefficient (Wildman–Crippen LogP) is 0.658. The average molecular weight is 307 g/mol. The highest BCUT2D eigenvalue weighted by Crippen LogP contribution is 2.29. The van der Waals surface area contributed by atoms with Gasteiger partial charge in [0.05, 0.1) is 12.9 Å². The standard InChI is InChI=1S/C13H25NO5S/c1-19-13(16)7-4-8-20(17,18)14-9-11-5-2-3-6-12(11)10-15/h11-12,14-15H,2-10H2,1H3. The number of rotatable bonds is 8. The molecule has 1 aliphatic carbocycles. The summed E-state index contributed by atoms with van der Waals surface area (Å²) in [6, 6.07) is 0. The number of sulfonamides is 1. The highest BCUT2D eigenvalue weighted by molar-refractivity contribution is 7.89. The van der Waals surface area contributed by atoms with Gasteiger partial charge in [0.25, 0.3) is 0 Å². The van der Waals surface area contributed by atoms with Crippen molar-refractivity contribution in [2.75, 3.05) is 26.0 Å². The second-order valence-corrected chi connectivity index (χ2v) is 7.26. The molecule has 118 valence electrons. The Morgan fingerprint density at radius 2 is 1.95 bits per heavy atom. The minimum Gasteiger partial charge on any atom is -0.469 e. The van der Waals surface area contributed by atoms with Gasteiger partial charge in [-0.05, 0) is 31.1 Å². The Labute approximate surface area is 120 Å². The van der Waals surface area contributed by atoms with Gasteiger partial charge in [0.15, 0.2) is 0 Å². The molecule has 1 fully saturated rings. The summed E-state index contributed by atoms with van der Waals surface area (Å²) >= 11 is 0. The molecule has 20 heavy (non-hydrogen) atoms. The second-order valence-electron chi connectivity index (χ2n) is 5.33. The molecular weight excluding hydrogens is 282 g/mol. The Morgan fingerprint density at radius 3 is 2.55 bits per heavy atom. The SMILES string of the molecule is COC(=O)CCCS(=O)(=O)NCC1CCCCC1CO. The normalized spacial score (nSPS) is 23.5. The first-order valence-electron chi connectivity index (χ1n) is 7.13. The monoisotopic (exact) mass is 307 g/mol. The minimum absolute atomic E-state index is 0.0708. The zero-order chi connectivity index (χ0) is 15.0. The van der Waals surface area contributed by atoms with Crippen LogP contribution in [0, 0.1) is 11.8 Å². The van der Waals surface area contributed by atoms with Crippen LogP contribution in [0.25, 0.3) is 0 Å². The third kappa shape index (κ3) is 6.19. The molecule has 0 amide bonds. The molecule has 0 aromatic heterocycles. The van der Waals surface area contributed by atoms with Crippen molar-refractivity contribution in [2.45, 2.75) is 38.5 Å². The van der Waals surface area contributed by atoms with E-state index in [-0.39, 0.29) is 37.0 Å². The van der Waals surface area contributed by atoms with Gasteiger partial charge in [0, 0.05) is 19.6 Å². The summed E-state index contributed by atoms with van der Waals surface area (Å²) < 4.78 is 30.7. The number of carbonyl (C=O) groups excluding carboxylic acids is 1. The summed E-state index contributed by atoms with van der Waals surface area (Å²) in [6.45, 7) is 0.501. The van der Waals surface area contributed by atoms with Gasteiger partial charge in [-0.3, -0.25) is 4.79 Å². The quantitative estimate of drug-likeness (QED) is 0.643. The third-order valence-corrected chi connectivity index (χ3v) is 5.32. The van der Waals surface area contributed by atoms with Gasteiger partial charge in [-0.1, -0.05) is 12.8 Å². The topological polar surface area (TPSA) is 92.7 Å². The Balaban J connectivity index is 2.32. The summed E-state index contributed by atoms with van der Waals surface area (Å²) in [7, 11) is -2.07. The van der Waals surface area contributed by atoms with Gasteiger partial charge < -0.3 is 9.84 Å². The lowest BCUT2D eigenvalue weighted by atomic mass is 9.80. The summed E-state index contributed by atoms with van der Waals surface area (Å²) in [5.41, 5.74) is 0. The van der Waals surface area contributed by atoms with E-state index in [1.54, 1.807) is 0 Å². The first-order valence-corrected chi connectivity index (χ1v) is 8.78. The van der Waals surface area contributed by atoms with Gasteiger partial charge in [-0.25, -0.2) is 13.1 Å². The molecule has 0 aliphatic heterocycles. The van der Waals surface area contributed by atoms with Crippen molar-refractivity contribution in [3.8, 4) is 0 Å². The van der Waals surface area contributed by atoms with Gasteiger partial charge in [0.2, 0.25) is 10.0 Å². The lowest BCUT2D eigenvalue weighted by molar-refractivity contribution is -0.140. The maximum atomic E-state index is 11.8. The van der Waals surface area contributed by atoms with Crippen molar-refractivity contribution >= 4 is 16.0 Å². The van der Waals surface area contributed by atoms with E-state index in [0.717, 1.165) is 25.7 Å². The molecule has 1 aliphatic rings. The van der Waals surface area contributed by atoms with E-state index in [9.17, 15) is 18.3 Å². The van der Waals surface area contributed by atoms with Crippen molar-refractivity contribution in [1.29, 1.82) is 0 Å². The van der Waals surface area contributed by atoms with Crippen LogP contribution in [0.1, 0.15) is 38.5 Å². The predicted molar refractivity (Wildman–Crippen MR) is 75.6 cm³/mol. The van der Waals surface area contributed by atoms with Crippen LogP contribution in [0.4, 0.5) is 0 Å². The highest BCUT2D eigenvalue weighted by Gasteiger charge is 2.25. The molecule has 0 saturated heterocycles. The Hall–Kier alpha value is -0.660. The number of hydrogen-bond acceptors (Lipinski definition) is 5. The average Bonchev–Trinajstić information content (AvgIpc) is 2.45. The molecular formula is C13H25NO5S. The van der Waals surface area contributed by atoms with Crippen molar-refractivity contribution in [3.05, 3.63) is 0 Å². The zero-order valence-corrected chi connectivity index (χ0v) is 12.8. The molecule has 1 rings (SSSR count). The van der Waals surface area contributed by atoms with E-state index in [0.29, 0.717) is 6.54 Å². The maximum Gasteiger partial charge on any atom is 0.305 e. The van der Waals surface area contributed by atoms with E-state index in [1.807, 2.05) is 0 Å². The summed E-state index contributed by atoms with van der Waals surface area (Å²) in [6.07, 6.45) is 4.48. The fraction of sp³-hybridized carbons (Fsp3) is 0.923. The van der Waals surface area contributed by atoms with Crippen molar-refractivity contribution < 1.29 is 23.1 Å². The van der Waals surface area contributed by atoms with Gasteiger partial charge >= 0.3 is 5.97 Å². The van der Waals surface area contributed by atoms with E-state index in [2.05, 4.69) is 9.46 Å². The fourth-order valence-corrected chi connectivity index (χ4v) is 3.75. The molecule has 0 aromatic rings. The Bertz CT molecular complexity index is 396. The van der Waals surface area contributed by atoms with Crippen LogP contribution in [0.3, 0.4) is 0 Å². The molecule has 0 heterocycles. The lowest BCUT2D eigenvalue weighted by Crippen LogP contribution is -2.36. The number of ether oxygens (including phenoxy) is 1. The Kier molecular flexibility index (Phi) is 7.47. The smallest absolute Gasteiger partial charge is 0.305 e. The summed E-state index contributed by atoms with van der Waals surface area (Å²) in [5.74, 6) is -0.0583. The van der Waals surface area contributed by atoms with Crippen LogP contribution < -0.4 is 4.72 Å². The molecule has 2 unspecified atom stereocenters. The van der Waals surface area contributed by atoms with Crippen LogP contribution in [0.15, 0.2) is 0 Å². The molecule has 1 saturated carbocycles. The number of methoxy groups -OCH3 is 1. The van der Waals surface area contributed by atoms with Gasteiger partial charge in [0.1, 0.15) is 0 Å². The fourth-order valence-electron chi connectivity index (χ4n) is 2.61. The third-order valence-electron chi connectivity index (χ3n) is 3.89. The van der Waals surface area contributed by atoms with Gasteiger partial charge in [-0.2, -0.15) is 0 Å². The van der Waals surface area contributed by atoms with Crippen LogP contribution in [0.2, 0.25) is 0 Å². The highest BCUT2D eigenvalue weighted by atomic mass is 32.2. The van der Waals surface area contributed by atoms with E-state index >= 15 is 0 Å². The number of hydrogen-bond donors (Lipinski definition) is 2.